The Morgan fingerprint density at radius 1 is 1.11 bits per heavy atom. The summed E-state index contributed by atoms with van der Waals surface area (Å²) in [6.07, 6.45) is 4.40. The Kier molecular flexibility index (Phi) is 6.89. The van der Waals surface area contributed by atoms with E-state index in [1.165, 1.54) is 22.7 Å². The van der Waals surface area contributed by atoms with Gasteiger partial charge < -0.3 is 10.1 Å². The first-order chi connectivity index (χ1) is 13.0. The second-order valence-corrected chi connectivity index (χ2v) is 9.41. The van der Waals surface area contributed by atoms with Gasteiger partial charge in [-0.15, -0.1) is 0 Å². The van der Waals surface area contributed by atoms with E-state index < -0.39 is 10.0 Å². The maximum Gasteiger partial charge on any atom is 0.309 e. The lowest BCUT2D eigenvalue weighted by molar-refractivity contribution is -0.149. The highest BCUT2D eigenvalue weighted by molar-refractivity contribution is 7.89. The monoisotopic (exact) mass is 394 g/mol. The fourth-order valence-electron chi connectivity index (χ4n) is 3.96. The summed E-state index contributed by atoms with van der Waals surface area (Å²) in [5.41, 5.74) is 1.20. The van der Waals surface area contributed by atoms with Gasteiger partial charge in [0.1, 0.15) is 0 Å². The molecule has 1 N–H and O–H groups in total. The summed E-state index contributed by atoms with van der Waals surface area (Å²) in [4.78, 5) is 12.2. The van der Waals surface area contributed by atoms with E-state index in [-0.39, 0.29) is 11.9 Å². The molecule has 3 rings (SSSR count). The first-order valence-corrected chi connectivity index (χ1v) is 11.4. The van der Waals surface area contributed by atoms with Crippen LogP contribution < -0.4 is 5.32 Å². The second kappa shape index (κ2) is 9.17. The van der Waals surface area contributed by atoms with Crippen molar-refractivity contribution < 1.29 is 17.9 Å². The second-order valence-electron chi connectivity index (χ2n) is 7.47. The van der Waals surface area contributed by atoms with Crippen LogP contribution in [0.3, 0.4) is 0 Å². The van der Waals surface area contributed by atoms with Gasteiger partial charge in [-0.05, 0) is 75.7 Å². The Hall–Kier alpha value is -1.44. The number of benzene rings is 1. The van der Waals surface area contributed by atoms with Crippen molar-refractivity contribution in [3.8, 4) is 0 Å². The molecule has 27 heavy (non-hydrogen) atoms. The number of nitrogens with one attached hydrogen (secondary N) is 1. The van der Waals surface area contributed by atoms with Gasteiger partial charge in [0, 0.05) is 13.1 Å². The predicted molar refractivity (Wildman–Crippen MR) is 104 cm³/mol. The van der Waals surface area contributed by atoms with Crippen molar-refractivity contribution >= 4 is 16.0 Å². The minimum atomic E-state index is -3.50. The topological polar surface area (TPSA) is 75.7 Å². The number of piperidine rings is 2. The highest BCUT2D eigenvalue weighted by Gasteiger charge is 2.32. The molecule has 0 bridgehead atoms. The van der Waals surface area contributed by atoms with Crippen LogP contribution in [-0.4, -0.2) is 51.5 Å². The van der Waals surface area contributed by atoms with Gasteiger partial charge in [0.2, 0.25) is 10.0 Å². The third kappa shape index (κ3) is 5.09. The predicted octanol–water partition coefficient (Wildman–Crippen LogP) is 2.19. The molecule has 0 saturated carbocycles. The first kappa shape index (κ1) is 20.3. The Labute approximate surface area is 162 Å². The molecule has 2 fully saturated rings. The molecule has 0 amide bonds. The molecule has 0 unspecified atom stereocenters. The quantitative estimate of drug-likeness (QED) is 0.749. The Bertz CT molecular complexity index is 719. The van der Waals surface area contributed by atoms with E-state index in [1.54, 1.807) is 19.1 Å². The lowest BCUT2D eigenvalue weighted by Crippen LogP contribution is -2.40. The largest absolute Gasteiger partial charge is 0.466 e. The average molecular weight is 395 g/mol. The molecule has 0 spiro atoms. The van der Waals surface area contributed by atoms with Crippen LogP contribution in [-0.2, 0) is 26.0 Å². The van der Waals surface area contributed by atoms with Crippen LogP contribution in [0.15, 0.2) is 29.2 Å². The Morgan fingerprint density at radius 3 is 2.33 bits per heavy atom. The molecule has 2 heterocycles. The van der Waals surface area contributed by atoms with E-state index in [1.807, 2.05) is 12.1 Å². The zero-order chi connectivity index (χ0) is 19.3. The van der Waals surface area contributed by atoms with E-state index in [4.69, 9.17) is 4.74 Å². The molecule has 1 aromatic carbocycles. The summed E-state index contributed by atoms with van der Waals surface area (Å²) >= 11 is 0. The lowest BCUT2D eigenvalue weighted by Gasteiger charge is -2.30. The number of hydrogen-bond acceptors (Lipinski definition) is 5. The average Bonchev–Trinajstić information content (AvgIpc) is 2.69. The van der Waals surface area contributed by atoms with E-state index in [0.717, 1.165) is 19.5 Å². The summed E-state index contributed by atoms with van der Waals surface area (Å²) < 4.78 is 32.3. The third-order valence-corrected chi connectivity index (χ3v) is 7.53. The lowest BCUT2D eigenvalue weighted by atomic mass is 9.91. The van der Waals surface area contributed by atoms with Crippen molar-refractivity contribution in [2.45, 2.75) is 43.9 Å². The summed E-state index contributed by atoms with van der Waals surface area (Å²) in [5.74, 6) is 0.274. The number of carbonyl (C=O) groups excluding carboxylic acids is 1. The van der Waals surface area contributed by atoms with Crippen molar-refractivity contribution in [3.05, 3.63) is 29.8 Å². The highest BCUT2D eigenvalue weighted by atomic mass is 32.2. The summed E-state index contributed by atoms with van der Waals surface area (Å²) in [7, 11) is -3.50. The molecule has 2 saturated heterocycles. The van der Waals surface area contributed by atoms with Crippen LogP contribution in [0.1, 0.15) is 38.2 Å². The maximum absolute atomic E-state index is 12.9. The Balaban J connectivity index is 1.59. The van der Waals surface area contributed by atoms with E-state index in [0.29, 0.717) is 43.4 Å². The van der Waals surface area contributed by atoms with E-state index in [2.05, 4.69) is 5.32 Å². The number of carbonyl (C=O) groups is 1. The molecular weight excluding hydrogens is 364 g/mol. The fourth-order valence-corrected chi connectivity index (χ4v) is 5.43. The zero-order valence-electron chi connectivity index (χ0n) is 16.0. The van der Waals surface area contributed by atoms with E-state index >= 15 is 0 Å². The molecule has 1 aromatic rings. The molecule has 150 valence electrons. The Morgan fingerprint density at radius 2 is 1.74 bits per heavy atom. The molecule has 0 radical (unpaired) electrons. The van der Waals surface area contributed by atoms with Crippen LogP contribution >= 0.6 is 0 Å². The SMILES string of the molecule is CCOC(=O)C1CCN(S(=O)(=O)c2ccc(CC3CCNCC3)cc2)CC1. The van der Waals surface area contributed by atoms with Crippen molar-refractivity contribution in [1.29, 1.82) is 0 Å². The highest BCUT2D eigenvalue weighted by Crippen LogP contribution is 2.25. The van der Waals surface area contributed by atoms with Crippen LogP contribution in [0.25, 0.3) is 0 Å². The number of hydrogen-bond donors (Lipinski definition) is 1. The van der Waals surface area contributed by atoms with Gasteiger partial charge in [-0.1, -0.05) is 12.1 Å². The van der Waals surface area contributed by atoms with Gasteiger partial charge in [0.05, 0.1) is 17.4 Å². The van der Waals surface area contributed by atoms with Crippen molar-refractivity contribution in [2.24, 2.45) is 11.8 Å². The number of sulfonamides is 1. The smallest absolute Gasteiger partial charge is 0.309 e. The number of esters is 1. The molecule has 7 heteroatoms. The molecule has 2 aliphatic rings. The zero-order valence-corrected chi connectivity index (χ0v) is 16.8. The minimum Gasteiger partial charge on any atom is -0.466 e. The molecule has 0 aliphatic carbocycles. The van der Waals surface area contributed by atoms with Crippen LogP contribution in [0, 0.1) is 11.8 Å². The van der Waals surface area contributed by atoms with Crippen LogP contribution in [0.2, 0.25) is 0 Å². The number of nitrogens with zero attached hydrogens (tertiary/aromatic N) is 1. The first-order valence-electron chi connectivity index (χ1n) is 9.97. The third-order valence-electron chi connectivity index (χ3n) is 5.62. The number of rotatable bonds is 6. The molecule has 2 aliphatic heterocycles. The van der Waals surface area contributed by atoms with Crippen LogP contribution in [0.4, 0.5) is 0 Å². The summed E-state index contributed by atoms with van der Waals surface area (Å²) in [6.45, 7) is 5.01. The van der Waals surface area contributed by atoms with E-state index in [9.17, 15) is 13.2 Å². The van der Waals surface area contributed by atoms with Crippen molar-refractivity contribution in [1.82, 2.24) is 9.62 Å². The minimum absolute atomic E-state index is 0.191. The van der Waals surface area contributed by atoms with Crippen LogP contribution in [0.5, 0.6) is 0 Å². The van der Waals surface area contributed by atoms with Crippen molar-refractivity contribution in [3.63, 3.8) is 0 Å². The summed E-state index contributed by atoms with van der Waals surface area (Å²) in [5, 5.41) is 3.37. The molecule has 6 nitrogen and oxygen atoms in total. The van der Waals surface area contributed by atoms with Gasteiger partial charge in [-0.2, -0.15) is 4.31 Å². The van der Waals surface area contributed by atoms with Crippen molar-refractivity contribution in [2.75, 3.05) is 32.8 Å². The van der Waals surface area contributed by atoms with Gasteiger partial charge >= 0.3 is 5.97 Å². The maximum atomic E-state index is 12.9. The van der Waals surface area contributed by atoms with Gasteiger partial charge in [-0.25, -0.2) is 8.42 Å². The van der Waals surface area contributed by atoms with Gasteiger partial charge in [0.25, 0.3) is 0 Å². The summed E-state index contributed by atoms with van der Waals surface area (Å²) in [6, 6.07) is 7.34. The molecule has 0 atom stereocenters. The van der Waals surface area contributed by atoms with Gasteiger partial charge in [-0.3, -0.25) is 4.79 Å². The van der Waals surface area contributed by atoms with Gasteiger partial charge in [0.15, 0.2) is 0 Å². The molecule has 0 aromatic heterocycles. The fraction of sp³-hybridized carbons (Fsp3) is 0.650. The number of ether oxygens (including phenoxy) is 1. The normalized spacial score (nSPS) is 20.5. The molecular formula is C20H30N2O4S. The standard InChI is InChI=1S/C20H30N2O4S/c1-2-26-20(23)18-9-13-22(14-10-18)27(24,25)19-5-3-16(4-6-19)15-17-7-11-21-12-8-17/h3-6,17-18,21H,2,7-15H2,1H3.